The predicted molar refractivity (Wildman–Crippen MR) is 93.5 cm³/mol. The van der Waals surface area contributed by atoms with Crippen molar-refractivity contribution in [3.63, 3.8) is 0 Å². The van der Waals surface area contributed by atoms with Crippen LogP contribution in [0.1, 0.15) is 16.8 Å². The van der Waals surface area contributed by atoms with Crippen molar-refractivity contribution >= 4 is 26.8 Å². The topological polar surface area (TPSA) is 21.1 Å². The lowest BCUT2D eigenvalue weighted by molar-refractivity contribution is 0.311. The highest BCUT2D eigenvalue weighted by atomic mass is 79.9. The average Bonchev–Trinajstić information content (AvgIpc) is 2.81. The molecular formula is C18H18BrN3. The molecule has 0 radical (unpaired) electrons. The average molecular weight is 356 g/mol. The number of nitrogens with zero attached hydrogens (tertiary/aromatic N) is 3. The lowest BCUT2D eigenvalue weighted by Gasteiger charge is -2.24. The van der Waals surface area contributed by atoms with Gasteiger partial charge in [0.05, 0.1) is 9.99 Å². The summed E-state index contributed by atoms with van der Waals surface area (Å²) in [7, 11) is 2.19. The summed E-state index contributed by atoms with van der Waals surface area (Å²) in [5.41, 5.74) is 5.41. The van der Waals surface area contributed by atoms with Gasteiger partial charge in [0, 0.05) is 36.8 Å². The summed E-state index contributed by atoms with van der Waals surface area (Å²) in [6.07, 6.45) is 2.92. The van der Waals surface area contributed by atoms with Crippen LogP contribution in [0.15, 0.2) is 41.0 Å². The molecule has 1 aliphatic rings. The molecule has 3 heterocycles. The van der Waals surface area contributed by atoms with Crippen molar-refractivity contribution in [1.82, 2.24) is 14.5 Å². The molecule has 1 aliphatic heterocycles. The number of aryl methyl sites for hydroxylation is 1. The first-order valence-corrected chi connectivity index (χ1v) is 8.36. The third-order valence-corrected chi connectivity index (χ3v) is 5.06. The zero-order valence-corrected chi connectivity index (χ0v) is 14.4. The molecule has 4 heteroatoms. The van der Waals surface area contributed by atoms with E-state index in [1.54, 1.807) is 0 Å². The summed E-state index contributed by atoms with van der Waals surface area (Å²) in [6, 6.07) is 10.7. The Morgan fingerprint density at radius 3 is 2.91 bits per heavy atom. The molecule has 3 nitrogen and oxygen atoms in total. The molecular weight excluding hydrogens is 338 g/mol. The molecule has 22 heavy (non-hydrogen) atoms. The predicted octanol–water partition coefficient (Wildman–Crippen LogP) is 4.08. The first-order valence-electron chi connectivity index (χ1n) is 7.57. The Morgan fingerprint density at radius 2 is 2.09 bits per heavy atom. The number of halogens is 1. The number of aromatic nitrogens is 2. The molecule has 3 aromatic rings. The maximum atomic E-state index is 4.62. The van der Waals surface area contributed by atoms with E-state index in [-0.39, 0.29) is 0 Å². The molecule has 0 unspecified atom stereocenters. The Hall–Kier alpha value is -1.65. The van der Waals surface area contributed by atoms with E-state index >= 15 is 0 Å². The first kappa shape index (κ1) is 14.0. The summed E-state index contributed by atoms with van der Waals surface area (Å²) < 4.78 is 3.37. The van der Waals surface area contributed by atoms with Crippen molar-refractivity contribution in [2.75, 3.05) is 13.6 Å². The van der Waals surface area contributed by atoms with Crippen LogP contribution < -0.4 is 0 Å². The highest BCUT2D eigenvalue weighted by Crippen LogP contribution is 2.34. The molecule has 0 spiro atoms. The molecule has 0 fully saturated rings. The van der Waals surface area contributed by atoms with Crippen LogP contribution in [0.25, 0.3) is 16.7 Å². The summed E-state index contributed by atoms with van der Waals surface area (Å²) in [5, 5.41) is 1.36. The van der Waals surface area contributed by atoms with Crippen LogP contribution in [0.5, 0.6) is 0 Å². The lowest BCUT2D eigenvalue weighted by Crippen LogP contribution is -2.27. The zero-order chi connectivity index (χ0) is 15.3. The molecule has 1 aromatic carbocycles. The van der Waals surface area contributed by atoms with Gasteiger partial charge in [-0.1, -0.05) is 11.6 Å². The van der Waals surface area contributed by atoms with E-state index in [1.165, 1.54) is 27.7 Å². The number of rotatable bonds is 1. The van der Waals surface area contributed by atoms with Crippen LogP contribution in [0.3, 0.4) is 0 Å². The Morgan fingerprint density at radius 1 is 1.23 bits per heavy atom. The van der Waals surface area contributed by atoms with E-state index in [2.05, 4.69) is 68.6 Å². The van der Waals surface area contributed by atoms with E-state index in [4.69, 9.17) is 0 Å². The van der Waals surface area contributed by atoms with E-state index in [9.17, 15) is 0 Å². The van der Waals surface area contributed by atoms with Crippen molar-refractivity contribution < 1.29 is 0 Å². The molecule has 0 bridgehead atoms. The van der Waals surface area contributed by atoms with Gasteiger partial charge < -0.3 is 4.90 Å². The summed E-state index contributed by atoms with van der Waals surface area (Å²) in [4.78, 5) is 7.01. The van der Waals surface area contributed by atoms with Crippen LogP contribution in [0, 0.1) is 6.92 Å². The Kier molecular flexibility index (Phi) is 3.31. The van der Waals surface area contributed by atoms with Gasteiger partial charge in [0.2, 0.25) is 0 Å². The fraction of sp³-hybridized carbons (Fsp3) is 0.278. The fourth-order valence-electron chi connectivity index (χ4n) is 3.39. The minimum Gasteiger partial charge on any atom is -0.302 e. The quantitative estimate of drug-likeness (QED) is 0.655. The number of hydrogen-bond donors (Lipinski definition) is 0. The van der Waals surface area contributed by atoms with Gasteiger partial charge in [-0.3, -0.25) is 4.57 Å². The maximum absolute atomic E-state index is 4.62. The normalized spacial score (nSPS) is 15.2. The van der Waals surface area contributed by atoms with Crippen molar-refractivity contribution in [2.24, 2.45) is 0 Å². The molecule has 0 aliphatic carbocycles. The minimum absolute atomic E-state index is 0.988. The van der Waals surface area contributed by atoms with Crippen LogP contribution in [0.2, 0.25) is 0 Å². The second kappa shape index (κ2) is 5.21. The van der Waals surface area contributed by atoms with E-state index < -0.39 is 0 Å². The van der Waals surface area contributed by atoms with E-state index in [1.807, 2.05) is 12.3 Å². The van der Waals surface area contributed by atoms with E-state index in [0.29, 0.717) is 0 Å². The van der Waals surface area contributed by atoms with Gasteiger partial charge in [-0.2, -0.15) is 0 Å². The largest absolute Gasteiger partial charge is 0.302 e. The standard InChI is InChI=1S/C18H18BrN3/c1-12-5-6-16-13(10-12)14-11-21(2)9-7-17(14)22(16)18-15(19)4-3-8-20-18/h3-6,8,10H,7,9,11H2,1-2H3. The second-order valence-electron chi connectivity index (χ2n) is 6.08. The first-order chi connectivity index (χ1) is 10.6. The van der Waals surface area contributed by atoms with Crippen molar-refractivity contribution in [1.29, 1.82) is 0 Å². The molecule has 0 saturated heterocycles. The zero-order valence-electron chi connectivity index (χ0n) is 12.8. The van der Waals surface area contributed by atoms with Crippen molar-refractivity contribution in [3.05, 3.63) is 57.8 Å². The Bertz CT molecular complexity index is 866. The molecule has 0 saturated carbocycles. The lowest BCUT2D eigenvalue weighted by atomic mass is 10.0. The third-order valence-electron chi connectivity index (χ3n) is 4.45. The van der Waals surface area contributed by atoms with Gasteiger partial charge in [-0.05, 0) is 59.7 Å². The Balaban J connectivity index is 2.09. The number of hydrogen-bond acceptors (Lipinski definition) is 2. The van der Waals surface area contributed by atoms with Gasteiger partial charge in [0.25, 0.3) is 0 Å². The number of benzene rings is 1. The van der Waals surface area contributed by atoms with Crippen LogP contribution >= 0.6 is 15.9 Å². The summed E-state index contributed by atoms with van der Waals surface area (Å²) >= 11 is 3.66. The molecule has 112 valence electrons. The van der Waals surface area contributed by atoms with Gasteiger partial charge in [-0.15, -0.1) is 0 Å². The van der Waals surface area contributed by atoms with Gasteiger partial charge in [0.15, 0.2) is 5.82 Å². The second-order valence-corrected chi connectivity index (χ2v) is 6.93. The highest BCUT2D eigenvalue weighted by Gasteiger charge is 2.24. The minimum atomic E-state index is 0.988. The van der Waals surface area contributed by atoms with Crippen molar-refractivity contribution in [3.8, 4) is 5.82 Å². The molecule has 2 aromatic heterocycles. The highest BCUT2D eigenvalue weighted by molar-refractivity contribution is 9.10. The summed E-state index contributed by atoms with van der Waals surface area (Å²) in [5.74, 6) is 0.988. The smallest absolute Gasteiger partial charge is 0.151 e. The van der Waals surface area contributed by atoms with Crippen LogP contribution in [-0.2, 0) is 13.0 Å². The monoisotopic (exact) mass is 355 g/mol. The molecule has 4 rings (SSSR count). The molecule has 0 amide bonds. The van der Waals surface area contributed by atoms with Crippen LogP contribution in [0.4, 0.5) is 0 Å². The van der Waals surface area contributed by atoms with E-state index in [0.717, 1.165) is 29.8 Å². The number of pyridine rings is 1. The summed E-state index contributed by atoms with van der Waals surface area (Å²) in [6.45, 7) is 4.26. The van der Waals surface area contributed by atoms with Gasteiger partial charge in [-0.25, -0.2) is 4.98 Å². The third kappa shape index (κ3) is 2.09. The Labute approximate surface area is 138 Å². The fourth-order valence-corrected chi connectivity index (χ4v) is 3.82. The van der Waals surface area contributed by atoms with Crippen molar-refractivity contribution in [2.45, 2.75) is 19.9 Å². The molecule has 0 N–H and O–H groups in total. The van der Waals surface area contributed by atoms with Gasteiger partial charge >= 0.3 is 0 Å². The molecule has 0 atom stereocenters. The maximum Gasteiger partial charge on any atom is 0.151 e. The van der Waals surface area contributed by atoms with Crippen LogP contribution in [-0.4, -0.2) is 28.0 Å². The number of likely N-dealkylation sites (N-methyl/N-ethyl adjacent to an activating group) is 1. The SMILES string of the molecule is Cc1ccc2c(c1)c1c(n2-c2ncccc2Br)CCN(C)C1. The number of fused-ring (bicyclic) bond motifs is 3. The van der Waals surface area contributed by atoms with Gasteiger partial charge in [0.1, 0.15) is 0 Å².